The number of halogens is 1. The van der Waals surface area contributed by atoms with Gasteiger partial charge in [-0.1, -0.05) is 11.6 Å². The van der Waals surface area contributed by atoms with Gasteiger partial charge >= 0.3 is 0 Å². The summed E-state index contributed by atoms with van der Waals surface area (Å²) in [6, 6.07) is 3.92. The smallest absolute Gasteiger partial charge is 0.123 e. The average molecular weight is 227 g/mol. The Morgan fingerprint density at radius 2 is 1.93 bits per heavy atom. The molecule has 1 aliphatic rings. The molecule has 1 aliphatic heterocycles. The SMILES string of the molecule is Cc1cc(OCC2(C)CO2)cc(C)c1Cl. The van der Waals surface area contributed by atoms with Crippen molar-refractivity contribution in [2.75, 3.05) is 13.2 Å². The minimum Gasteiger partial charge on any atom is -0.490 e. The third kappa shape index (κ3) is 2.44. The van der Waals surface area contributed by atoms with Crippen molar-refractivity contribution < 1.29 is 9.47 Å². The van der Waals surface area contributed by atoms with Crippen LogP contribution in [0, 0.1) is 13.8 Å². The molecule has 2 rings (SSSR count). The summed E-state index contributed by atoms with van der Waals surface area (Å²) in [4.78, 5) is 0. The van der Waals surface area contributed by atoms with Gasteiger partial charge < -0.3 is 9.47 Å². The Balaban J connectivity index is 2.08. The maximum atomic E-state index is 6.07. The molecule has 1 saturated heterocycles. The predicted octanol–water partition coefficient (Wildman–Crippen LogP) is 3.12. The van der Waals surface area contributed by atoms with Crippen LogP contribution in [0.5, 0.6) is 5.75 Å². The number of ether oxygens (including phenoxy) is 2. The highest BCUT2D eigenvalue weighted by atomic mass is 35.5. The first-order valence-corrected chi connectivity index (χ1v) is 5.41. The van der Waals surface area contributed by atoms with Crippen LogP contribution in [0.4, 0.5) is 0 Å². The monoisotopic (exact) mass is 226 g/mol. The number of hydrogen-bond donors (Lipinski definition) is 0. The van der Waals surface area contributed by atoms with Crippen molar-refractivity contribution in [3.05, 3.63) is 28.3 Å². The lowest BCUT2D eigenvalue weighted by Gasteiger charge is -2.11. The molecular weight excluding hydrogens is 212 g/mol. The number of epoxide rings is 1. The molecule has 0 N–H and O–H groups in total. The second-order valence-electron chi connectivity index (χ2n) is 4.40. The fourth-order valence-corrected chi connectivity index (χ4v) is 1.54. The van der Waals surface area contributed by atoms with E-state index in [1.54, 1.807) is 0 Å². The molecule has 1 heterocycles. The molecule has 2 nitrogen and oxygen atoms in total. The van der Waals surface area contributed by atoms with Gasteiger partial charge in [0.1, 0.15) is 18.0 Å². The van der Waals surface area contributed by atoms with E-state index in [1.807, 2.05) is 32.9 Å². The van der Waals surface area contributed by atoms with Crippen LogP contribution in [0.1, 0.15) is 18.1 Å². The van der Waals surface area contributed by atoms with Gasteiger partial charge in [0, 0.05) is 5.02 Å². The summed E-state index contributed by atoms with van der Waals surface area (Å²) < 4.78 is 10.9. The first-order chi connectivity index (χ1) is 7.00. The van der Waals surface area contributed by atoms with Gasteiger partial charge in [-0.15, -0.1) is 0 Å². The Hall–Kier alpha value is -0.730. The largest absolute Gasteiger partial charge is 0.490 e. The van der Waals surface area contributed by atoms with E-state index in [4.69, 9.17) is 21.1 Å². The standard InChI is InChI=1S/C12H15ClO2/c1-8-4-10(5-9(2)11(8)13)14-6-12(3)7-15-12/h4-5H,6-7H2,1-3H3. The third-order valence-corrected chi connectivity index (χ3v) is 3.19. The van der Waals surface area contributed by atoms with E-state index in [1.165, 1.54) is 0 Å². The molecule has 3 heteroatoms. The van der Waals surface area contributed by atoms with E-state index >= 15 is 0 Å². The Morgan fingerprint density at radius 1 is 1.40 bits per heavy atom. The van der Waals surface area contributed by atoms with Gasteiger partial charge in [0.25, 0.3) is 0 Å². The fraction of sp³-hybridized carbons (Fsp3) is 0.500. The van der Waals surface area contributed by atoms with Crippen LogP contribution in [-0.2, 0) is 4.74 Å². The Labute approximate surface area is 95.1 Å². The highest BCUT2D eigenvalue weighted by Gasteiger charge is 2.40. The van der Waals surface area contributed by atoms with Crippen LogP contribution in [0.15, 0.2) is 12.1 Å². The van der Waals surface area contributed by atoms with Crippen LogP contribution >= 0.6 is 11.6 Å². The van der Waals surface area contributed by atoms with Gasteiger partial charge in [-0.3, -0.25) is 0 Å². The van der Waals surface area contributed by atoms with Gasteiger partial charge in [-0.25, -0.2) is 0 Å². The second-order valence-corrected chi connectivity index (χ2v) is 4.78. The summed E-state index contributed by atoms with van der Waals surface area (Å²) >= 11 is 6.07. The van der Waals surface area contributed by atoms with Crippen molar-refractivity contribution >= 4 is 11.6 Å². The summed E-state index contributed by atoms with van der Waals surface area (Å²) in [5.41, 5.74) is 2.03. The maximum absolute atomic E-state index is 6.07. The van der Waals surface area contributed by atoms with Gasteiger partial charge in [-0.2, -0.15) is 0 Å². The zero-order valence-electron chi connectivity index (χ0n) is 9.26. The van der Waals surface area contributed by atoms with Gasteiger partial charge in [-0.05, 0) is 44.0 Å². The highest BCUT2D eigenvalue weighted by Crippen LogP contribution is 2.29. The zero-order valence-corrected chi connectivity index (χ0v) is 10.0. The first kappa shape index (κ1) is 10.8. The Morgan fingerprint density at radius 3 is 2.40 bits per heavy atom. The molecule has 0 spiro atoms. The third-order valence-electron chi connectivity index (χ3n) is 2.59. The average Bonchev–Trinajstić information content (AvgIpc) is 2.90. The lowest BCUT2D eigenvalue weighted by molar-refractivity contribution is 0.202. The van der Waals surface area contributed by atoms with Gasteiger partial charge in [0.2, 0.25) is 0 Å². The van der Waals surface area contributed by atoms with E-state index < -0.39 is 0 Å². The van der Waals surface area contributed by atoms with Gasteiger partial charge in [0.05, 0.1) is 6.61 Å². The summed E-state index contributed by atoms with van der Waals surface area (Å²) in [5.74, 6) is 0.867. The number of aryl methyl sites for hydroxylation is 2. The topological polar surface area (TPSA) is 21.8 Å². The van der Waals surface area contributed by atoms with E-state index in [9.17, 15) is 0 Å². The summed E-state index contributed by atoms with van der Waals surface area (Å²) in [6.07, 6.45) is 0. The van der Waals surface area contributed by atoms with Crippen molar-refractivity contribution in [1.82, 2.24) is 0 Å². The van der Waals surface area contributed by atoms with Crippen LogP contribution < -0.4 is 4.74 Å². The van der Waals surface area contributed by atoms with Crippen molar-refractivity contribution in [3.8, 4) is 5.75 Å². The Bertz CT molecular complexity index is 360. The van der Waals surface area contributed by atoms with E-state index in [0.29, 0.717) is 6.61 Å². The normalized spacial score (nSPS) is 24.0. The molecule has 1 fully saturated rings. The molecule has 0 amide bonds. The summed E-state index contributed by atoms with van der Waals surface area (Å²) in [6.45, 7) is 7.41. The highest BCUT2D eigenvalue weighted by molar-refractivity contribution is 6.32. The molecule has 0 aliphatic carbocycles. The fourth-order valence-electron chi connectivity index (χ4n) is 1.43. The molecule has 1 aromatic rings. The molecule has 1 unspecified atom stereocenters. The van der Waals surface area contributed by atoms with Crippen LogP contribution in [0.25, 0.3) is 0 Å². The second kappa shape index (κ2) is 3.69. The first-order valence-electron chi connectivity index (χ1n) is 5.04. The Kier molecular flexibility index (Phi) is 2.65. The lowest BCUT2D eigenvalue weighted by atomic mass is 10.1. The van der Waals surface area contributed by atoms with Crippen LogP contribution in [0.2, 0.25) is 5.02 Å². The van der Waals surface area contributed by atoms with Crippen molar-refractivity contribution in [1.29, 1.82) is 0 Å². The molecule has 1 atom stereocenters. The molecule has 0 aromatic heterocycles. The molecule has 82 valence electrons. The van der Waals surface area contributed by atoms with Crippen molar-refractivity contribution in [3.63, 3.8) is 0 Å². The van der Waals surface area contributed by atoms with Gasteiger partial charge in [0.15, 0.2) is 0 Å². The molecular formula is C12H15ClO2. The van der Waals surface area contributed by atoms with E-state index in [0.717, 1.165) is 28.5 Å². The van der Waals surface area contributed by atoms with E-state index in [2.05, 4.69) is 0 Å². The van der Waals surface area contributed by atoms with Crippen molar-refractivity contribution in [2.45, 2.75) is 26.4 Å². The summed E-state index contributed by atoms with van der Waals surface area (Å²) in [7, 11) is 0. The minimum atomic E-state index is -0.0680. The molecule has 0 bridgehead atoms. The quantitative estimate of drug-likeness (QED) is 0.739. The minimum absolute atomic E-state index is 0.0680. The lowest BCUT2D eigenvalue weighted by Crippen LogP contribution is -2.16. The molecule has 1 aromatic carbocycles. The van der Waals surface area contributed by atoms with Crippen molar-refractivity contribution in [2.24, 2.45) is 0 Å². The predicted molar refractivity (Wildman–Crippen MR) is 60.8 cm³/mol. The maximum Gasteiger partial charge on any atom is 0.123 e. The van der Waals surface area contributed by atoms with Crippen LogP contribution in [-0.4, -0.2) is 18.8 Å². The number of hydrogen-bond acceptors (Lipinski definition) is 2. The number of benzene rings is 1. The number of rotatable bonds is 3. The summed E-state index contributed by atoms with van der Waals surface area (Å²) in [5, 5.41) is 0.816. The van der Waals surface area contributed by atoms with E-state index in [-0.39, 0.29) is 5.60 Å². The van der Waals surface area contributed by atoms with Crippen LogP contribution in [0.3, 0.4) is 0 Å². The molecule has 0 radical (unpaired) electrons. The zero-order chi connectivity index (χ0) is 11.1. The molecule has 0 saturated carbocycles. The molecule has 15 heavy (non-hydrogen) atoms.